The fraction of sp³-hybridized carbons (Fsp3) is 0.467. The summed E-state index contributed by atoms with van der Waals surface area (Å²) in [5, 5.41) is 11.8. The number of hydrogen-bond acceptors (Lipinski definition) is 5. The van der Waals surface area contributed by atoms with E-state index in [2.05, 4.69) is 35.4 Å². The van der Waals surface area contributed by atoms with Crippen molar-refractivity contribution >= 4 is 0 Å². The zero-order valence-corrected chi connectivity index (χ0v) is 12.6. The summed E-state index contributed by atoms with van der Waals surface area (Å²) in [4.78, 5) is 0. The molecule has 0 spiro atoms. The second-order valence-corrected chi connectivity index (χ2v) is 5.16. The van der Waals surface area contributed by atoms with Gasteiger partial charge in [-0.3, -0.25) is 0 Å². The highest BCUT2D eigenvalue weighted by Crippen LogP contribution is 2.34. The molecule has 1 aliphatic heterocycles. The monoisotopic (exact) mass is 288 g/mol. The van der Waals surface area contributed by atoms with Crippen LogP contribution in [0, 0.1) is 0 Å². The van der Waals surface area contributed by atoms with Gasteiger partial charge in [0, 0.05) is 19.5 Å². The van der Waals surface area contributed by atoms with Crippen LogP contribution in [0.2, 0.25) is 0 Å². The number of nitrogens with one attached hydrogen (secondary N) is 1. The first-order valence-electron chi connectivity index (χ1n) is 7.19. The summed E-state index contributed by atoms with van der Waals surface area (Å²) < 4.78 is 12.8. The fourth-order valence-corrected chi connectivity index (χ4v) is 2.41. The minimum absolute atomic E-state index is 0.196. The molecule has 1 unspecified atom stereocenters. The van der Waals surface area contributed by atoms with Crippen LogP contribution >= 0.6 is 0 Å². The minimum Gasteiger partial charge on any atom is -0.454 e. The summed E-state index contributed by atoms with van der Waals surface area (Å²) in [5.74, 6) is 3.57. The predicted molar refractivity (Wildman–Crippen MR) is 78.2 cm³/mol. The molecule has 0 saturated carbocycles. The molecule has 0 bridgehead atoms. The summed E-state index contributed by atoms with van der Waals surface area (Å²) in [6.45, 7) is 5.18. The average molecular weight is 288 g/mol. The first-order chi connectivity index (χ1) is 10.2. The van der Waals surface area contributed by atoms with E-state index in [0.717, 1.165) is 35.1 Å². The Bertz CT molecular complexity index is 639. The van der Waals surface area contributed by atoms with Gasteiger partial charge in [-0.2, -0.15) is 0 Å². The molecule has 6 nitrogen and oxygen atoms in total. The topological polar surface area (TPSA) is 61.2 Å². The molecule has 0 amide bonds. The summed E-state index contributed by atoms with van der Waals surface area (Å²) in [5.41, 5.74) is 1.16. The number of aromatic nitrogens is 3. The third-order valence-electron chi connectivity index (χ3n) is 3.83. The van der Waals surface area contributed by atoms with E-state index in [-0.39, 0.29) is 6.04 Å². The molecule has 0 fully saturated rings. The molecule has 2 aromatic rings. The number of rotatable bonds is 5. The van der Waals surface area contributed by atoms with Crippen LogP contribution in [0.25, 0.3) is 0 Å². The van der Waals surface area contributed by atoms with Gasteiger partial charge in [0.25, 0.3) is 0 Å². The van der Waals surface area contributed by atoms with E-state index in [1.54, 1.807) is 0 Å². The Kier molecular flexibility index (Phi) is 3.79. The molecule has 21 heavy (non-hydrogen) atoms. The van der Waals surface area contributed by atoms with E-state index in [9.17, 15) is 0 Å². The third kappa shape index (κ3) is 2.71. The van der Waals surface area contributed by atoms with Crippen LogP contribution in [0.15, 0.2) is 18.2 Å². The number of aryl methyl sites for hydroxylation is 1. The van der Waals surface area contributed by atoms with Gasteiger partial charge in [-0.1, -0.05) is 13.0 Å². The lowest BCUT2D eigenvalue weighted by Gasteiger charge is -2.14. The van der Waals surface area contributed by atoms with Crippen molar-refractivity contribution < 1.29 is 9.47 Å². The lowest BCUT2D eigenvalue weighted by Crippen LogP contribution is -2.20. The van der Waals surface area contributed by atoms with Gasteiger partial charge in [0.05, 0.1) is 6.54 Å². The minimum atomic E-state index is 0.196. The number of fused-ring (bicyclic) bond motifs is 1. The van der Waals surface area contributed by atoms with Crippen molar-refractivity contribution in [3.05, 3.63) is 35.4 Å². The maximum atomic E-state index is 5.41. The van der Waals surface area contributed by atoms with E-state index in [0.29, 0.717) is 13.3 Å². The molecule has 6 heteroatoms. The molecule has 0 aliphatic carbocycles. The largest absolute Gasteiger partial charge is 0.454 e. The molecular weight excluding hydrogens is 268 g/mol. The molecule has 1 N–H and O–H groups in total. The van der Waals surface area contributed by atoms with Crippen LogP contribution in [0.4, 0.5) is 0 Å². The van der Waals surface area contributed by atoms with Gasteiger partial charge >= 0.3 is 0 Å². The smallest absolute Gasteiger partial charge is 0.231 e. The molecule has 112 valence electrons. The van der Waals surface area contributed by atoms with Crippen LogP contribution < -0.4 is 14.8 Å². The highest BCUT2D eigenvalue weighted by Gasteiger charge is 2.16. The Morgan fingerprint density at radius 1 is 1.24 bits per heavy atom. The second kappa shape index (κ2) is 5.73. The van der Waals surface area contributed by atoms with Gasteiger partial charge in [-0.25, -0.2) is 0 Å². The molecule has 0 radical (unpaired) electrons. The van der Waals surface area contributed by atoms with Crippen LogP contribution in [-0.2, 0) is 20.0 Å². The molecule has 1 aromatic heterocycles. The van der Waals surface area contributed by atoms with Crippen LogP contribution in [0.5, 0.6) is 11.5 Å². The number of ether oxygens (including phenoxy) is 2. The van der Waals surface area contributed by atoms with E-state index < -0.39 is 0 Å². The van der Waals surface area contributed by atoms with E-state index in [1.165, 1.54) is 0 Å². The SMILES string of the molecule is CCc1nnc(CNC(C)c2ccc3c(c2)OCO3)n1C. The molecule has 1 aromatic carbocycles. The molecule has 1 aliphatic rings. The number of hydrogen-bond donors (Lipinski definition) is 1. The Balaban J connectivity index is 1.66. The Hall–Kier alpha value is -2.08. The number of benzene rings is 1. The van der Waals surface area contributed by atoms with Gasteiger partial charge < -0.3 is 19.4 Å². The highest BCUT2D eigenvalue weighted by molar-refractivity contribution is 5.45. The lowest BCUT2D eigenvalue weighted by molar-refractivity contribution is 0.174. The fourth-order valence-electron chi connectivity index (χ4n) is 2.41. The van der Waals surface area contributed by atoms with Gasteiger partial charge in [-0.05, 0) is 24.6 Å². The molecular formula is C15H20N4O2. The Labute approximate surface area is 124 Å². The molecule has 1 atom stereocenters. The maximum Gasteiger partial charge on any atom is 0.231 e. The van der Waals surface area contributed by atoms with Crippen molar-refractivity contribution in [2.45, 2.75) is 32.9 Å². The van der Waals surface area contributed by atoms with Crippen LogP contribution in [-0.4, -0.2) is 21.6 Å². The zero-order chi connectivity index (χ0) is 14.8. The second-order valence-electron chi connectivity index (χ2n) is 5.16. The van der Waals surface area contributed by atoms with E-state index in [1.807, 2.05) is 23.7 Å². The summed E-state index contributed by atoms with van der Waals surface area (Å²) in [6.07, 6.45) is 0.890. The standard InChI is InChI=1S/C15H20N4O2/c1-4-14-17-18-15(19(14)3)8-16-10(2)11-5-6-12-13(7-11)21-9-20-12/h5-7,10,16H,4,8-9H2,1-3H3. The molecule has 2 heterocycles. The van der Waals surface area contributed by atoms with Crippen molar-refractivity contribution in [3.63, 3.8) is 0 Å². The first-order valence-corrected chi connectivity index (χ1v) is 7.19. The summed E-state index contributed by atoms with van der Waals surface area (Å²) in [6, 6.07) is 6.22. The van der Waals surface area contributed by atoms with Crippen molar-refractivity contribution in [1.82, 2.24) is 20.1 Å². The van der Waals surface area contributed by atoms with Crippen molar-refractivity contribution in [2.75, 3.05) is 6.79 Å². The third-order valence-corrected chi connectivity index (χ3v) is 3.83. The van der Waals surface area contributed by atoms with Crippen LogP contribution in [0.3, 0.4) is 0 Å². The maximum absolute atomic E-state index is 5.41. The highest BCUT2D eigenvalue weighted by atomic mass is 16.7. The van der Waals surface area contributed by atoms with Crippen LogP contribution in [0.1, 0.15) is 37.1 Å². The normalized spacial score (nSPS) is 14.4. The van der Waals surface area contributed by atoms with Gasteiger partial charge in [0.1, 0.15) is 11.6 Å². The predicted octanol–water partition coefficient (Wildman–Crippen LogP) is 1.96. The Morgan fingerprint density at radius 2 is 2.00 bits per heavy atom. The first kappa shape index (κ1) is 13.9. The van der Waals surface area contributed by atoms with E-state index in [4.69, 9.17) is 9.47 Å². The van der Waals surface area contributed by atoms with Crippen molar-refractivity contribution in [1.29, 1.82) is 0 Å². The molecule has 0 saturated heterocycles. The van der Waals surface area contributed by atoms with Gasteiger partial charge in [0.15, 0.2) is 11.5 Å². The summed E-state index contributed by atoms with van der Waals surface area (Å²) in [7, 11) is 2.00. The van der Waals surface area contributed by atoms with Gasteiger partial charge in [-0.15, -0.1) is 10.2 Å². The molecule has 3 rings (SSSR count). The lowest BCUT2D eigenvalue weighted by atomic mass is 10.1. The zero-order valence-electron chi connectivity index (χ0n) is 12.6. The van der Waals surface area contributed by atoms with Crippen molar-refractivity contribution in [2.24, 2.45) is 7.05 Å². The average Bonchev–Trinajstić information content (AvgIpc) is 3.10. The Morgan fingerprint density at radius 3 is 2.76 bits per heavy atom. The summed E-state index contributed by atoms with van der Waals surface area (Å²) >= 11 is 0. The quantitative estimate of drug-likeness (QED) is 0.911. The number of nitrogens with zero attached hydrogens (tertiary/aromatic N) is 3. The van der Waals surface area contributed by atoms with Crippen molar-refractivity contribution in [3.8, 4) is 11.5 Å². The van der Waals surface area contributed by atoms with Gasteiger partial charge in [0.2, 0.25) is 6.79 Å². The van der Waals surface area contributed by atoms with E-state index >= 15 is 0 Å².